The zero-order valence-corrected chi connectivity index (χ0v) is 13.6. The van der Waals surface area contributed by atoms with Crippen LogP contribution in [0.2, 0.25) is 0 Å². The maximum absolute atomic E-state index is 11.8. The normalized spacial score (nSPS) is 14.6. The van der Waals surface area contributed by atoms with Crippen molar-refractivity contribution in [2.45, 2.75) is 15.2 Å². The average molecular weight is 519 g/mol. The minimum atomic E-state index is -4.88. The Morgan fingerprint density at radius 1 is 0.500 bits per heavy atom. The molecule has 0 aromatic heterocycles. The molecule has 0 aromatic carbocycles. The number of hydrogen-bond donors (Lipinski definition) is 0. The summed E-state index contributed by atoms with van der Waals surface area (Å²) >= 11 is -7.48. The van der Waals surface area contributed by atoms with Gasteiger partial charge in [0.15, 0.2) is 0 Å². The van der Waals surface area contributed by atoms with Gasteiger partial charge in [-0.1, -0.05) is 0 Å². The molecule has 0 aliphatic heterocycles. The third kappa shape index (κ3) is 12.0. The van der Waals surface area contributed by atoms with E-state index in [1.807, 2.05) is 0 Å². The molecule has 0 rings (SSSR count). The van der Waals surface area contributed by atoms with Crippen LogP contribution < -0.4 is 0 Å². The molecular weight excluding hydrogens is 519 g/mol. The quantitative estimate of drug-likeness (QED) is 0.394. The second-order valence-corrected chi connectivity index (χ2v) is 43.0. The van der Waals surface area contributed by atoms with E-state index in [0.717, 1.165) is 0 Å². The van der Waals surface area contributed by atoms with Gasteiger partial charge in [-0.3, -0.25) is 0 Å². The molecule has 0 saturated carbocycles. The minimum absolute atomic E-state index is 2.50. The van der Waals surface area contributed by atoms with Crippen LogP contribution in [0.5, 0.6) is 0 Å². The van der Waals surface area contributed by atoms with E-state index in [9.17, 15) is 39.5 Å². The van der Waals surface area contributed by atoms with E-state index >= 15 is 0 Å². The van der Waals surface area contributed by atoms with Gasteiger partial charge in [-0.25, -0.2) is 0 Å². The molecule has 0 bridgehead atoms. The second kappa shape index (κ2) is 6.09. The fourth-order valence-electron chi connectivity index (χ4n) is 0.309. The Bertz CT molecular complexity index is 179. The first-order valence-electron chi connectivity index (χ1n) is 2.86. The first-order valence-corrected chi connectivity index (χ1v) is 19.7. The Hall–Kier alpha value is 1.49. The molecule has 13 heteroatoms. The molecule has 0 fully saturated rings. The Morgan fingerprint density at radius 3 is 0.812 bits per heavy atom. The summed E-state index contributed by atoms with van der Waals surface area (Å²) in [6, 6.07) is 0. The van der Waals surface area contributed by atoms with Gasteiger partial charge in [-0.15, -0.1) is 0 Å². The zero-order chi connectivity index (χ0) is 13.2. The van der Waals surface area contributed by atoms with Crippen LogP contribution >= 0.6 is 0 Å². The van der Waals surface area contributed by atoms with Crippen LogP contribution in [0.25, 0.3) is 0 Å². The molecule has 0 atom stereocenters. The zero-order valence-electron chi connectivity index (χ0n) is 6.57. The third-order valence-electron chi connectivity index (χ3n) is 0.534. The summed E-state index contributed by atoms with van der Waals surface area (Å²) in [7, 11) is -3.87. The fourth-order valence-corrected chi connectivity index (χ4v) is 43.4. The molecule has 0 N–H and O–H groups in total. The van der Waals surface area contributed by atoms with Crippen molar-refractivity contribution >= 4 is 47.9 Å². The predicted octanol–water partition coefficient (Wildman–Crippen LogP) is 1.64. The van der Waals surface area contributed by atoms with Crippen molar-refractivity contribution in [2.75, 3.05) is 0 Å². The van der Waals surface area contributed by atoms with Gasteiger partial charge in [0.25, 0.3) is 0 Å². The van der Waals surface area contributed by atoms with Crippen molar-refractivity contribution in [2.24, 2.45) is 0 Å². The summed E-state index contributed by atoms with van der Waals surface area (Å²) in [5.74, 6) is 0. The number of alkyl halides is 9. The predicted molar refractivity (Wildman–Crippen MR) is 41.2 cm³/mol. The van der Waals surface area contributed by atoms with Gasteiger partial charge in [0.05, 0.1) is 0 Å². The summed E-state index contributed by atoms with van der Waals surface area (Å²) < 4.78 is 106. The Morgan fingerprint density at radius 2 is 0.688 bits per heavy atom. The van der Waals surface area contributed by atoms with Crippen molar-refractivity contribution < 1.29 is 39.5 Å². The topological polar surface area (TPSA) is 0 Å². The van der Waals surface area contributed by atoms with Crippen molar-refractivity contribution in [3.8, 4) is 0 Å². The SMILES string of the molecule is FC(F)(F)[Se][As]([Se]C(F)(F)F)[Se]C(F)(F)F. The summed E-state index contributed by atoms with van der Waals surface area (Å²) in [6.45, 7) is 0. The molecular formula is C3AsF9Se3. The first-order chi connectivity index (χ1) is 6.79. The van der Waals surface area contributed by atoms with Crippen LogP contribution in [-0.2, 0) is 0 Å². The Balaban J connectivity index is 4.53. The molecule has 0 aromatic rings. The standard InChI is InChI=1S/C3AsF9Se3/c5-1(6,7)14-4(15-2(8,9)10)16-3(11,12)13. The number of hydrogen-bond acceptors (Lipinski definition) is 0. The van der Waals surface area contributed by atoms with Crippen molar-refractivity contribution in [3.63, 3.8) is 0 Å². The molecule has 0 amide bonds. The van der Waals surface area contributed by atoms with Crippen LogP contribution in [-0.4, -0.2) is 63.1 Å². The van der Waals surface area contributed by atoms with E-state index in [2.05, 4.69) is 0 Å². The van der Waals surface area contributed by atoms with E-state index < -0.39 is 63.1 Å². The van der Waals surface area contributed by atoms with Gasteiger partial charge in [0.1, 0.15) is 0 Å². The van der Waals surface area contributed by atoms with Crippen LogP contribution in [0.15, 0.2) is 0 Å². The van der Waals surface area contributed by atoms with Crippen LogP contribution in [0.3, 0.4) is 0 Å². The van der Waals surface area contributed by atoms with Gasteiger partial charge in [0.2, 0.25) is 0 Å². The summed E-state index contributed by atoms with van der Waals surface area (Å²) in [4.78, 5) is 0. The van der Waals surface area contributed by atoms with Gasteiger partial charge < -0.3 is 0 Å². The molecule has 0 radical (unpaired) electrons. The summed E-state index contributed by atoms with van der Waals surface area (Å²) in [5, 5.41) is -14.6. The van der Waals surface area contributed by atoms with Gasteiger partial charge >= 0.3 is 103 Å². The molecule has 16 heavy (non-hydrogen) atoms. The van der Waals surface area contributed by atoms with E-state index in [1.165, 1.54) is 0 Å². The molecule has 0 saturated heterocycles. The second-order valence-electron chi connectivity index (χ2n) is 1.83. The number of rotatable bonds is 3. The third-order valence-corrected chi connectivity index (χ3v) is 39.8. The van der Waals surface area contributed by atoms with Gasteiger partial charge in [-0.2, -0.15) is 0 Å². The van der Waals surface area contributed by atoms with Crippen molar-refractivity contribution in [3.05, 3.63) is 0 Å². The van der Waals surface area contributed by atoms with Crippen LogP contribution in [0.4, 0.5) is 39.5 Å². The Labute approximate surface area is 102 Å². The molecule has 0 nitrogen and oxygen atoms in total. The monoisotopic (exact) mass is 522 g/mol. The molecule has 0 aliphatic carbocycles. The molecule has 0 unspecified atom stereocenters. The van der Waals surface area contributed by atoms with Crippen LogP contribution in [0, 0.1) is 0 Å². The molecule has 0 aliphatic rings. The average Bonchev–Trinajstić information content (AvgIpc) is 1.70. The van der Waals surface area contributed by atoms with E-state index in [-0.39, 0.29) is 0 Å². The van der Waals surface area contributed by atoms with Crippen LogP contribution in [0.1, 0.15) is 0 Å². The van der Waals surface area contributed by atoms with E-state index in [1.54, 1.807) is 0 Å². The van der Waals surface area contributed by atoms with Gasteiger partial charge in [0, 0.05) is 0 Å². The molecule has 0 spiro atoms. The summed E-state index contributed by atoms with van der Waals surface area (Å²) in [5.41, 5.74) is 0. The number of halogens is 9. The van der Waals surface area contributed by atoms with Crippen molar-refractivity contribution in [1.82, 2.24) is 0 Å². The van der Waals surface area contributed by atoms with Crippen molar-refractivity contribution in [1.29, 1.82) is 0 Å². The molecule has 98 valence electrons. The fraction of sp³-hybridized carbons (Fsp3) is 1.00. The Kier molecular flexibility index (Phi) is 6.65. The van der Waals surface area contributed by atoms with Gasteiger partial charge in [-0.05, 0) is 0 Å². The van der Waals surface area contributed by atoms with E-state index in [4.69, 9.17) is 0 Å². The summed E-state index contributed by atoms with van der Waals surface area (Å²) in [6.07, 6.45) is 0. The first kappa shape index (κ1) is 17.5. The maximum atomic E-state index is 11.8. The van der Waals surface area contributed by atoms with E-state index in [0.29, 0.717) is 0 Å². The molecule has 0 heterocycles.